The Morgan fingerprint density at radius 1 is 0.792 bits per heavy atom. The van der Waals surface area contributed by atoms with Gasteiger partial charge in [0.05, 0.1) is 19.2 Å². The molecule has 3 aromatic rings. The summed E-state index contributed by atoms with van der Waals surface area (Å²) in [6.07, 6.45) is 2.29. The lowest BCUT2D eigenvalue weighted by Gasteiger charge is -2.20. The second kappa shape index (κ2) is 5.28. The van der Waals surface area contributed by atoms with Crippen LogP contribution in [0, 0.1) is 0 Å². The van der Waals surface area contributed by atoms with Crippen molar-refractivity contribution in [1.29, 1.82) is 0 Å². The van der Waals surface area contributed by atoms with Crippen molar-refractivity contribution >= 4 is 19.0 Å². The van der Waals surface area contributed by atoms with Crippen molar-refractivity contribution in [2.45, 2.75) is 19.6 Å². The molecule has 118 valence electrons. The van der Waals surface area contributed by atoms with Crippen LogP contribution in [0.4, 0.5) is 0 Å². The molecule has 0 fully saturated rings. The number of fused-ring (bicyclic) bond motifs is 3. The zero-order valence-corrected chi connectivity index (χ0v) is 15.5. The van der Waals surface area contributed by atoms with E-state index in [0.29, 0.717) is 0 Å². The van der Waals surface area contributed by atoms with Gasteiger partial charge in [-0.05, 0) is 29.5 Å². The second-order valence-electron chi connectivity index (χ2n) is 7.46. The van der Waals surface area contributed by atoms with Crippen LogP contribution in [0.15, 0.2) is 73.4 Å². The van der Waals surface area contributed by atoms with Gasteiger partial charge in [-0.15, -0.1) is 0 Å². The van der Waals surface area contributed by atoms with E-state index in [0.717, 1.165) is 5.70 Å². The van der Waals surface area contributed by atoms with Crippen molar-refractivity contribution in [1.82, 2.24) is 0 Å². The molecule has 0 unspecified atom stereocenters. The van der Waals surface area contributed by atoms with Gasteiger partial charge in [0.1, 0.15) is 0 Å². The van der Waals surface area contributed by atoms with E-state index >= 15 is 0 Å². The normalized spacial score (nSPS) is 12.9. The molecule has 1 aliphatic heterocycles. The first kappa shape index (κ1) is 15.1. The molecule has 1 aromatic heterocycles. The molecule has 1 aliphatic rings. The summed E-state index contributed by atoms with van der Waals surface area (Å²) in [4.78, 5) is 0. The molecular formula is C22H22NSi+. The van der Waals surface area contributed by atoms with Crippen LogP contribution in [-0.2, 0) is 0 Å². The fourth-order valence-electron chi connectivity index (χ4n) is 3.54. The number of hydrogen-bond acceptors (Lipinski definition) is 0. The maximum Gasteiger partial charge on any atom is 0.219 e. The van der Waals surface area contributed by atoms with E-state index in [2.05, 4.69) is 97.6 Å². The predicted octanol–water partition coefficient (Wildman–Crippen LogP) is 4.69. The van der Waals surface area contributed by atoms with Crippen LogP contribution in [-0.4, -0.2) is 8.07 Å². The van der Waals surface area contributed by atoms with E-state index in [1.165, 1.54) is 33.1 Å². The standard InChI is InChI=1S/C22H22NSi/c1-16-18-12-8-9-13-19(18)21-14-22(24(2,3)4)20(15-23(16)21)17-10-6-5-7-11-17/h5-15H,1H2,2-4H3/q+1. The number of rotatable bonds is 2. The highest BCUT2D eigenvalue weighted by molar-refractivity contribution is 6.89. The van der Waals surface area contributed by atoms with Crippen molar-refractivity contribution in [3.8, 4) is 22.4 Å². The molecule has 2 aromatic carbocycles. The first-order valence-corrected chi connectivity index (χ1v) is 11.9. The topological polar surface area (TPSA) is 3.88 Å². The summed E-state index contributed by atoms with van der Waals surface area (Å²) in [5.74, 6) is 0. The lowest BCUT2D eigenvalue weighted by Crippen LogP contribution is -2.43. The van der Waals surface area contributed by atoms with Gasteiger partial charge in [0.25, 0.3) is 0 Å². The quantitative estimate of drug-likeness (QED) is 0.371. The van der Waals surface area contributed by atoms with Gasteiger partial charge < -0.3 is 0 Å². The number of benzene rings is 2. The Hall–Kier alpha value is -2.45. The molecule has 1 nitrogen and oxygen atoms in total. The minimum atomic E-state index is -1.49. The largest absolute Gasteiger partial charge is 0.219 e. The smallest absolute Gasteiger partial charge is 0.159 e. The maximum atomic E-state index is 4.34. The first-order chi connectivity index (χ1) is 11.5. The third kappa shape index (κ3) is 2.26. The molecular weight excluding hydrogens is 306 g/mol. The van der Waals surface area contributed by atoms with Crippen LogP contribution in [0.5, 0.6) is 0 Å². The molecule has 0 aliphatic carbocycles. The summed E-state index contributed by atoms with van der Waals surface area (Å²) in [5.41, 5.74) is 7.50. The summed E-state index contributed by atoms with van der Waals surface area (Å²) in [6.45, 7) is 11.6. The maximum absolute atomic E-state index is 4.34. The molecule has 0 saturated carbocycles. The Morgan fingerprint density at radius 2 is 1.42 bits per heavy atom. The Morgan fingerprint density at radius 3 is 2.08 bits per heavy atom. The molecule has 0 amide bonds. The Kier molecular flexibility index (Phi) is 3.32. The summed E-state index contributed by atoms with van der Waals surface area (Å²) in [7, 11) is -1.49. The van der Waals surface area contributed by atoms with Crippen molar-refractivity contribution in [2.75, 3.05) is 0 Å². The summed E-state index contributed by atoms with van der Waals surface area (Å²) < 4.78 is 2.26. The molecule has 0 atom stereocenters. The molecule has 2 heteroatoms. The molecule has 0 saturated heterocycles. The molecule has 0 spiro atoms. The van der Waals surface area contributed by atoms with E-state index in [-0.39, 0.29) is 0 Å². The highest BCUT2D eigenvalue weighted by Gasteiger charge is 2.34. The Balaban J connectivity index is 2.04. The minimum absolute atomic E-state index is 1.07. The van der Waals surface area contributed by atoms with E-state index in [1.807, 2.05) is 0 Å². The van der Waals surface area contributed by atoms with Gasteiger partial charge in [0, 0.05) is 11.6 Å². The van der Waals surface area contributed by atoms with Crippen molar-refractivity contribution in [2.24, 2.45) is 0 Å². The predicted molar refractivity (Wildman–Crippen MR) is 105 cm³/mol. The van der Waals surface area contributed by atoms with Gasteiger partial charge >= 0.3 is 0 Å². The molecule has 2 heterocycles. The molecule has 4 rings (SSSR count). The fourth-order valence-corrected chi connectivity index (χ4v) is 5.13. The summed E-state index contributed by atoms with van der Waals surface area (Å²) >= 11 is 0. The van der Waals surface area contributed by atoms with Crippen molar-refractivity contribution in [3.05, 3.63) is 79.0 Å². The van der Waals surface area contributed by atoms with Gasteiger partial charge in [-0.1, -0.05) is 62.1 Å². The fraction of sp³-hybridized carbons (Fsp3) is 0.136. The molecule has 0 N–H and O–H groups in total. The minimum Gasteiger partial charge on any atom is -0.159 e. The Bertz CT molecular complexity index is 949. The van der Waals surface area contributed by atoms with Crippen LogP contribution >= 0.6 is 0 Å². The van der Waals surface area contributed by atoms with Crippen molar-refractivity contribution in [3.63, 3.8) is 0 Å². The monoisotopic (exact) mass is 328 g/mol. The van der Waals surface area contributed by atoms with Crippen LogP contribution in [0.2, 0.25) is 19.6 Å². The van der Waals surface area contributed by atoms with E-state index in [4.69, 9.17) is 0 Å². The third-order valence-electron chi connectivity index (χ3n) is 4.79. The zero-order valence-electron chi connectivity index (χ0n) is 14.5. The van der Waals surface area contributed by atoms with Crippen LogP contribution in [0.1, 0.15) is 5.56 Å². The lowest BCUT2D eigenvalue weighted by molar-refractivity contribution is -0.562. The molecule has 0 radical (unpaired) electrons. The number of aromatic nitrogens is 1. The Labute approximate surface area is 144 Å². The third-order valence-corrected chi connectivity index (χ3v) is 6.82. The average Bonchev–Trinajstić information content (AvgIpc) is 2.87. The van der Waals surface area contributed by atoms with E-state index in [1.54, 1.807) is 0 Å². The zero-order chi connectivity index (χ0) is 16.9. The van der Waals surface area contributed by atoms with Gasteiger partial charge in [0.2, 0.25) is 11.4 Å². The van der Waals surface area contributed by atoms with E-state index < -0.39 is 8.07 Å². The number of hydrogen-bond donors (Lipinski definition) is 0. The highest BCUT2D eigenvalue weighted by Crippen LogP contribution is 2.33. The second-order valence-corrected chi connectivity index (χ2v) is 12.5. The van der Waals surface area contributed by atoms with Crippen LogP contribution < -0.4 is 9.75 Å². The number of nitrogens with zero attached hydrogens (tertiary/aromatic N) is 1. The van der Waals surface area contributed by atoms with E-state index in [9.17, 15) is 0 Å². The average molecular weight is 329 g/mol. The summed E-state index contributed by atoms with van der Waals surface area (Å²) in [5, 5.41) is 1.50. The first-order valence-electron chi connectivity index (χ1n) is 8.41. The van der Waals surface area contributed by atoms with Gasteiger partial charge in [-0.3, -0.25) is 0 Å². The van der Waals surface area contributed by atoms with Crippen LogP contribution in [0.3, 0.4) is 0 Å². The molecule has 0 bridgehead atoms. The SMILES string of the molecule is C=C1c2ccccc2-c2cc([Si](C)(C)C)c(-c3ccccc3)c[n+]21. The number of pyridine rings is 1. The lowest BCUT2D eigenvalue weighted by atomic mass is 10.0. The van der Waals surface area contributed by atoms with Crippen LogP contribution in [0.25, 0.3) is 28.1 Å². The molecule has 24 heavy (non-hydrogen) atoms. The van der Waals surface area contributed by atoms with Gasteiger partial charge in [-0.25, -0.2) is 0 Å². The van der Waals surface area contributed by atoms with Gasteiger partial charge in [-0.2, -0.15) is 4.57 Å². The summed E-state index contributed by atoms with van der Waals surface area (Å²) in [6, 6.07) is 21.7. The van der Waals surface area contributed by atoms with Gasteiger partial charge in [0.15, 0.2) is 6.20 Å². The highest BCUT2D eigenvalue weighted by atomic mass is 28.3. The van der Waals surface area contributed by atoms with Crippen molar-refractivity contribution < 1.29 is 4.57 Å².